The molecule has 4 aliphatic heterocycles. The van der Waals surface area contributed by atoms with Crippen LogP contribution in [0.2, 0.25) is 0 Å². The summed E-state index contributed by atoms with van der Waals surface area (Å²) in [4.78, 5) is 145. The molecule has 0 aliphatic carbocycles. The number of ether oxygens (including phenoxy) is 10. The molecular weight excluding hydrogens is 1900 g/mol. The van der Waals surface area contributed by atoms with Gasteiger partial charge in [-0.15, -0.1) is 0 Å². The number of hydrogen-bond donors (Lipinski definition) is 19. The van der Waals surface area contributed by atoms with Gasteiger partial charge in [-0.3, -0.25) is 33.0 Å². The highest BCUT2D eigenvalue weighted by Crippen LogP contribution is 2.47. The summed E-state index contributed by atoms with van der Waals surface area (Å²) in [6.45, 7) is 5.15. The lowest BCUT2D eigenvalue weighted by atomic mass is 9.90. The number of aliphatic carboxylic acids is 2. The Bertz CT molecular complexity index is 3530. The highest BCUT2D eigenvalue weighted by molar-refractivity contribution is 7.46. The third kappa shape index (κ3) is 52.3. The Kier molecular flexibility index (Phi) is 67.3. The summed E-state index contributed by atoms with van der Waals surface area (Å²) >= 11 is 0. The van der Waals surface area contributed by atoms with Gasteiger partial charge in [-0.1, -0.05) is 310 Å². The Balaban J connectivity index is 2.01. The summed E-state index contributed by atoms with van der Waals surface area (Å²) in [7, 11) is -12.0. The van der Waals surface area contributed by atoms with E-state index in [4.69, 9.17) is 56.4 Å². The van der Waals surface area contributed by atoms with E-state index >= 15 is 4.79 Å². The minimum Gasteiger partial charge on any atom is -0.477 e. The zero-order valence-corrected chi connectivity index (χ0v) is 87.1. The Morgan fingerprint density at radius 2 is 0.775 bits per heavy atom. The van der Waals surface area contributed by atoms with Crippen LogP contribution in [0.5, 0.6) is 0 Å². The molecule has 4 heterocycles. The molecule has 42 heteroatoms. The second kappa shape index (κ2) is 73.6. The van der Waals surface area contributed by atoms with Gasteiger partial charge in [0.15, 0.2) is 24.8 Å². The minimum atomic E-state index is -6.16. The van der Waals surface area contributed by atoms with Crippen LogP contribution in [0.25, 0.3) is 0 Å². The molecule has 24 atom stereocenters. The number of nitrogens with one attached hydrogen (secondary N) is 2. The second-order valence-corrected chi connectivity index (χ2v) is 41.7. The maximum atomic E-state index is 15.5. The summed E-state index contributed by atoms with van der Waals surface area (Å²) in [6.07, 6.45) is -1.96. The molecule has 40 nitrogen and oxygen atoms in total. The van der Waals surface area contributed by atoms with Crippen molar-refractivity contribution in [3.63, 3.8) is 0 Å². The van der Waals surface area contributed by atoms with Crippen molar-refractivity contribution in [2.75, 3.05) is 26.4 Å². The van der Waals surface area contributed by atoms with Crippen molar-refractivity contribution in [1.29, 1.82) is 0 Å². The van der Waals surface area contributed by atoms with Crippen molar-refractivity contribution >= 4 is 57.3 Å². The van der Waals surface area contributed by atoms with Gasteiger partial charge in [-0.05, 0) is 64.2 Å². The molecule has 4 aliphatic rings. The molecule has 0 radical (unpaired) electrons. The number of allylic oxidation sites excluding steroid dienone is 2. The number of amides is 2. The zero-order chi connectivity index (χ0) is 105. The lowest BCUT2D eigenvalue weighted by Gasteiger charge is -2.50. The van der Waals surface area contributed by atoms with Crippen molar-refractivity contribution in [3.05, 3.63) is 12.2 Å². The van der Waals surface area contributed by atoms with E-state index in [2.05, 4.69) is 57.4 Å². The molecule has 2 amide bonds. The van der Waals surface area contributed by atoms with Gasteiger partial charge in [-0.2, -0.15) is 0 Å². The van der Waals surface area contributed by atoms with E-state index in [0.29, 0.717) is 64.2 Å². The van der Waals surface area contributed by atoms with Crippen LogP contribution in [-0.4, -0.2) is 300 Å². The number of hydrogen-bond acceptors (Lipinski definition) is 32. The fourth-order valence-corrected chi connectivity index (χ4v) is 19.6. The fraction of sp³-hybridized carbons (Fsp3) is 0.910. The van der Waals surface area contributed by atoms with E-state index in [1.165, 1.54) is 12.8 Å². The summed E-state index contributed by atoms with van der Waals surface area (Å²) in [6, 6.07) is -4.41. The highest BCUT2D eigenvalue weighted by Gasteiger charge is 2.63. The molecule has 142 heavy (non-hydrogen) atoms. The summed E-state index contributed by atoms with van der Waals surface area (Å²) in [5.74, 6) is -16.8. The fourth-order valence-electron chi connectivity index (χ4n) is 18.5. The molecule has 0 bridgehead atoms. The number of aliphatic hydroxyl groups excluding tert-OH is 11. The van der Waals surface area contributed by atoms with E-state index in [9.17, 15) is 124 Å². The van der Waals surface area contributed by atoms with Crippen molar-refractivity contribution in [3.8, 4) is 0 Å². The monoisotopic (exact) mass is 2080 g/mol. The van der Waals surface area contributed by atoms with Crippen LogP contribution < -0.4 is 10.6 Å². The van der Waals surface area contributed by atoms with E-state index in [-0.39, 0.29) is 32.1 Å². The second-order valence-electron chi connectivity index (χ2n) is 39.4. The van der Waals surface area contributed by atoms with Crippen LogP contribution in [0.15, 0.2) is 12.2 Å². The van der Waals surface area contributed by atoms with Crippen LogP contribution in [0.3, 0.4) is 0 Å². The Hall–Kier alpha value is -4.47. The van der Waals surface area contributed by atoms with Gasteiger partial charge in [0.2, 0.25) is 11.8 Å². The van der Waals surface area contributed by atoms with Crippen molar-refractivity contribution < 1.29 is 185 Å². The van der Waals surface area contributed by atoms with Crippen molar-refractivity contribution in [2.24, 2.45) is 0 Å². The topological polar surface area (TPSA) is 632 Å². The van der Waals surface area contributed by atoms with Gasteiger partial charge >= 0.3 is 45.5 Å². The molecular formula is C100H182N2O38P2. The van der Waals surface area contributed by atoms with Gasteiger partial charge < -0.3 is 144 Å². The first kappa shape index (κ1) is 130. The number of carbonyl (C=O) groups excluding carboxylic acids is 5. The number of carboxylic acid groups (broad SMARTS) is 2. The van der Waals surface area contributed by atoms with Crippen molar-refractivity contribution in [1.82, 2.24) is 10.6 Å². The van der Waals surface area contributed by atoms with Crippen LogP contribution >= 0.6 is 15.6 Å². The minimum absolute atomic E-state index is 0.0195. The van der Waals surface area contributed by atoms with Gasteiger partial charge in [0.25, 0.3) is 11.6 Å². The number of esters is 3. The number of phosphoric ester groups is 2. The maximum Gasteiger partial charge on any atom is 0.472 e. The molecule has 0 aromatic rings. The largest absolute Gasteiger partial charge is 0.477 e. The number of carboxylic acids is 2. The Morgan fingerprint density at radius 3 is 1.21 bits per heavy atom. The summed E-state index contributed by atoms with van der Waals surface area (Å²) in [5, 5.41) is 151. The number of phosphoric acid groups is 2. The lowest BCUT2D eigenvalue weighted by Crippen LogP contribution is -2.69. The standard InChI is InChI=1S/C100H182N2O38P2/c1-6-11-16-21-26-31-32-33-34-39-44-49-54-59-82(113)131-73(58-53-48-43-38-30-25-20-15-10-5)63-81(112)102-86-94(135-84(115)62-72(107)57-52-47-42-37-29-24-19-14-9-4)92(139-141(123,124)125)79(69-130-99(97(119)120)65-77(88(117)91(137-99)76(110)67-104)136-100(98(121)122)64-74(108)87(116)90(138-100)75(109)66-103)133-95(86)129-68-78-89(118)93(134-83(114)61-71(106)56-51-46-41-36-28-23-18-13-8-3)85(96(132-78)140-142(126,127)128)101-80(111)60-70(105)55-50-45-40-35-27-22-17-12-7-2/h31-32,70-79,85-96,103-110,116-118H,6-30,33-69H2,1-5H3,(H,101,111)(H,102,112)(H,119,120)(H,121,122)(H2,123,124,125)(H2,126,127,128). The van der Waals surface area contributed by atoms with Crippen molar-refractivity contribution in [2.45, 2.75) is 553 Å². The Morgan fingerprint density at radius 1 is 0.401 bits per heavy atom. The number of unbranched alkanes of at least 4 members (excludes halogenated alkanes) is 41. The molecule has 0 saturated carbocycles. The molecule has 4 fully saturated rings. The van der Waals surface area contributed by atoms with E-state index in [1.54, 1.807) is 0 Å². The molecule has 24 unspecified atom stereocenters. The predicted octanol–water partition coefficient (Wildman–Crippen LogP) is 12.0. The molecule has 0 aromatic carbocycles. The van der Waals surface area contributed by atoms with E-state index in [0.717, 1.165) is 225 Å². The van der Waals surface area contributed by atoms with E-state index in [1.807, 2.05) is 0 Å². The average molecular weight is 2080 g/mol. The predicted molar refractivity (Wildman–Crippen MR) is 522 cm³/mol. The third-order valence-electron chi connectivity index (χ3n) is 26.7. The molecule has 4 rings (SSSR count). The number of carbonyl (C=O) groups is 7. The molecule has 0 aromatic heterocycles. The van der Waals surface area contributed by atoms with E-state index < -0.39 is 268 Å². The molecule has 0 spiro atoms. The molecule has 19 N–H and O–H groups in total. The first-order valence-corrected chi connectivity index (χ1v) is 56.6. The van der Waals surface area contributed by atoms with Crippen LogP contribution in [0.1, 0.15) is 407 Å². The highest BCUT2D eigenvalue weighted by atomic mass is 31.2. The maximum absolute atomic E-state index is 15.5. The number of rotatable bonds is 84. The zero-order valence-electron chi connectivity index (χ0n) is 85.3. The Labute approximate surface area is 840 Å². The lowest BCUT2D eigenvalue weighted by molar-refractivity contribution is -0.378. The molecule has 830 valence electrons. The summed E-state index contributed by atoms with van der Waals surface area (Å²) in [5.41, 5.74) is 0. The summed E-state index contributed by atoms with van der Waals surface area (Å²) < 4.78 is 98.6. The first-order chi connectivity index (χ1) is 67.8. The van der Waals surface area contributed by atoms with Gasteiger partial charge in [0.05, 0.1) is 82.6 Å². The first-order valence-electron chi connectivity index (χ1n) is 53.6. The number of aliphatic hydroxyl groups is 11. The van der Waals surface area contributed by atoms with Gasteiger partial charge in [-0.25, -0.2) is 18.7 Å². The van der Waals surface area contributed by atoms with Crippen LogP contribution in [-0.2, 0) is 99.1 Å². The molecule has 4 saturated heterocycles. The smallest absolute Gasteiger partial charge is 0.472 e. The van der Waals surface area contributed by atoms with Crippen LogP contribution in [0.4, 0.5) is 0 Å². The normalized spacial score (nSPS) is 26.3. The quantitative estimate of drug-likeness (QED) is 0.00884. The third-order valence-corrected chi connectivity index (χ3v) is 27.7. The average Bonchev–Trinajstić information content (AvgIpc) is 0.748. The van der Waals surface area contributed by atoms with Gasteiger partial charge in [0.1, 0.15) is 79.2 Å². The van der Waals surface area contributed by atoms with Crippen LogP contribution in [0, 0.1) is 0 Å². The SMILES string of the molecule is CCCCCCC=CCCCCCCCC(=O)OC(CCCCCCCCCCC)CC(=O)NC1C(OCC2OC(OP(=O)(O)O)C(NC(=O)CC(O)CCCCCCCCCCC)C(OC(=O)CC(O)CCCCCCCCCCC)C2O)OC(COC2(C(=O)O)CC(OC3(C(=O)O)CC(O)C(O)C(C(O)CO)O3)C(O)C(C(O)CO)O2)C(OP(=O)(O)O)C1OC(=O)CC(O)CCCCCCCCCCC. The van der Waals surface area contributed by atoms with Gasteiger partial charge in [0, 0.05) is 19.3 Å².